The SMILES string of the molecule is COCOC(=O)OCOC(C)=O.COc1ccc(C(C)(C)C)cc1.Cc1ccc(-c2ccc(C)cc2)cc1.Cc1ccc(C2(c3ccc(C)cc3)CCCCC2)cc1. The normalized spacial score (nSPS) is 12.8. The van der Waals surface area contributed by atoms with E-state index in [0.717, 1.165) is 5.75 Å². The Morgan fingerprint density at radius 1 is 0.534 bits per heavy atom. The van der Waals surface area contributed by atoms with E-state index in [-0.39, 0.29) is 17.6 Å². The van der Waals surface area contributed by atoms with E-state index in [2.05, 4.69) is 177 Å². The predicted molar refractivity (Wildman–Crippen MR) is 235 cm³/mol. The van der Waals surface area contributed by atoms with Crippen LogP contribution < -0.4 is 4.74 Å². The molecule has 0 aliphatic heterocycles. The molecule has 7 heteroatoms. The summed E-state index contributed by atoms with van der Waals surface area (Å²) in [4.78, 5) is 20.6. The van der Waals surface area contributed by atoms with E-state index in [1.54, 1.807) is 7.11 Å². The first kappa shape index (κ1) is 47.0. The van der Waals surface area contributed by atoms with Gasteiger partial charge in [-0.2, -0.15) is 0 Å². The first-order valence-corrected chi connectivity index (χ1v) is 20.0. The van der Waals surface area contributed by atoms with Gasteiger partial charge in [0.1, 0.15) is 5.75 Å². The number of hydrogen-bond acceptors (Lipinski definition) is 7. The fraction of sp³-hybridized carbons (Fsp3) is 0.373. The molecule has 0 radical (unpaired) electrons. The summed E-state index contributed by atoms with van der Waals surface area (Å²) in [5.74, 6) is 0.387. The van der Waals surface area contributed by atoms with E-state index in [1.807, 2.05) is 12.1 Å². The molecule has 6 rings (SSSR count). The second-order valence-electron chi connectivity index (χ2n) is 15.8. The van der Waals surface area contributed by atoms with E-state index in [9.17, 15) is 9.59 Å². The van der Waals surface area contributed by atoms with Gasteiger partial charge in [-0.25, -0.2) is 4.79 Å². The van der Waals surface area contributed by atoms with Gasteiger partial charge in [0.05, 0.1) is 7.11 Å². The Bertz CT molecular complexity index is 1830. The quantitative estimate of drug-likeness (QED) is 0.114. The van der Waals surface area contributed by atoms with E-state index in [4.69, 9.17) is 4.74 Å². The van der Waals surface area contributed by atoms with Crippen molar-refractivity contribution >= 4 is 12.1 Å². The van der Waals surface area contributed by atoms with Gasteiger partial charge in [0, 0.05) is 19.4 Å². The summed E-state index contributed by atoms with van der Waals surface area (Å²) in [5, 5.41) is 0. The Morgan fingerprint density at radius 3 is 1.29 bits per heavy atom. The van der Waals surface area contributed by atoms with Gasteiger partial charge in [0.2, 0.25) is 6.79 Å². The van der Waals surface area contributed by atoms with Crippen LogP contribution in [0.5, 0.6) is 5.75 Å². The molecule has 1 saturated carbocycles. The lowest BCUT2D eigenvalue weighted by Crippen LogP contribution is -2.30. The third-order valence-corrected chi connectivity index (χ3v) is 10.0. The number of ether oxygens (including phenoxy) is 5. The molecule has 310 valence electrons. The van der Waals surface area contributed by atoms with Crippen LogP contribution in [0.2, 0.25) is 0 Å². The molecule has 58 heavy (non-hydrogen) atoms. The lowest BCUT2D eigenvalue weighted by molar-refractivity contribution is -0.151. The molecule has 1 fully saturated rings. The Kier molecular flexibility index (Phi) is 19.2. The molecule has 0 atom stereocenters. The minimum atomic E-state index is -0.946. The first-order valence-electron chi connectivity index (χ1n) is 20.0. The van der Waals surface area contributed by atoms with Crippen molar-refractivity contribution in [3.8, 4) is 16.9 Å². The van der Waals surface area contributed by atoms with Crippen molar-refractivity contribution < 1.29 is 33.3 Å². The topological polar surface area (TPSA) is 80.3 Å². The maximum atomic E-state index is 10.5. The summed E-state index contributed by atoms with van der Waals surface area (Å²) in [7, 11) is 3.05. The second kappa shape index (κ2) is 23.7. The largest absolute Gasteiger partial charge is 0.513 e. The van der Waals surface area contributed by atoms with Crippen LogP contribution in [-0.4, -0.2) is 39.9 Å². The summed E-state index contributed by atoms with van der Waals surface area (Å²) >= 11 is 0. The highest BCUT2D eigenvalue weighted by atomic mass is 16.8. The average molecular weight is 789 g/mol. The summed E-state index contributed by atoms with van der Waals surface area (Å²) in [6.45, 7) is 15.7. The zero-order chi connectivity index (χ0) is 42.6. The lowest BCUT2D eigenvalue weighted by atomic mass is 9.65. The molecule has 5 aromatic carbocycles. The number of methoxy groups -OCH3 is 2. The van der Waals surface area contributed by atoms with Crippen LogP contribution in [0.25, 0.3) is 11.1 Å². The minimum absolute atomic E-state index is 0.196. The maximum absolute atomic E-state index is 10.5. The fourth-order valence-electron chi connectivity index (χ4n) is 6.54. The van der Waals surface area contributed by atoms with Crippen molar-refractivity contribution in [2.75, 3.05) is 27.8 Å². The van der Waals surface area contributed by atoms with Gasteiger partial charge in [-0.05, 0) is 85.9 Å². The van der Waals surface area contributed by atoms with Gasteiger partial charge in [-0.1, -0.05) is 171 Å². The van der Waals surface area contributed by atoms with E-state index < -0.39 is 18.9 Å². The molecule has 0 unspecified atom stereocenters. The Hall–Kier alpha value is -5.40. The zero-order valence-electron chi connectivity index (χ0n) is 36.4. The van der Waals surface area contributed by atoms with Crippen LogP contribution in [0, 0.1) is 27.7 Å². The van der Waals surface area contributed by atoms with Crippen molar-refractivity contribution in [3.63, 3.8) is 0 Å². The molecule has 1 aliphatic rings. The first-order chi connectivity index (χ1) is 27.7. The molecule has 0 bridgehead atoms. The van der Waals surface area contributed by atoms with Crippen LogP contribution in [0.4, 0.5) is 4.79 Å². The number of benzene rings is 5. The average Bonchev–Trinajstić information content (AvgIpc) is 3.22. The zero-order valence-corrected chi connectivity index (χ0v) is 36.4. The van der Waals surface area contributed by atoms with E-state index >= 15 is 0 Å². The summed E-state index contributed by atoms with van der Waals surface area (Å²) in [6, 6.07) is 43.9. The molecule has 0 N–H and O–H groups in total. The van der Waals surface area contributed by atoms with Crippen LogP contribution in [0.3, 0.4) is 0 Å². The van der Waals surface area contributed by atoms with Crippen LogP contribution in [-0.2, 0) is 34.6 Å². The maximum Gasteiger partial charge on any atom is 0.513 e. The van der Waals surface area contributed by atoms with E-state index in [1.165, 1.54) is 96.2 Å². The standard InChI is InChI=1S/C20H24.C14H14.C11H16O.C6H10O6/c1-16-6-10-18(11-7-16)20(14-4-3-5-15-20)19-12-8-17(2)9-13-19;1-11-3-7-13(8-4-11)14-9-5-12(2)6-10-14;1-11(2,3)9-5-7-10(12-4)8-6-9;1-5(7)10-4-12-6(8)11-3-9-2/h6-13H,3-5,14-15H2,1-2H3;3-10H,1-2H3;5-8H,1-4H3;3-4H2,1-2H3. The second-order valence-corrected chi connectivity index (χ2v) is 15.8. The number of aryl methyl sites for hydroxylation is 4. The number of hydrogen-bond donors (Lipinski definition) is 0. The monoisotopic (exact) mass is 788 g/mol. The van der Waals surface area contributed by atoms with Gasteiger partial charge >= 0.3 is 12.1 Å². The number of rotatable bonds is 8. The number of esters is 1. The Balaban J connectivity index is 0.000000213. The molecular formula is C51H64O7. The van der Waals surface area contributed by atoms with Gasteiger partial charge in [-0.15, -0.1) is 0 Å². The summed E-state index contributed by atoms with van der Waals surface area (Å²) in [5.41, 5.74) is 12.7. The van der Waals surface area contributed by atoms with Crippen molar-refractivity contribution in [1.82, 2.24) is 0 Å². The highest BCUT2D eigenvalue weighted by Gasteiger charge is 2.35. The Labute approximate surface area is 347 Å². The van der Waals surface area contributed by atoms with Crippen LogP contribution >= 0.6 is 0 Å². The highest BCUT2D eigenvalue weighted by Crippen LogP contribution is 2.45. The lowest BCUT2D eigenvalue weighted by Gasteiger charge is -2.38. The number of carbonyl (C=O) groups is 2. The van der Waals surface area contributed by atoms with Crippen LogP contribution in [0.15, 0.2) is 121 Å². The number of carbonyl (C=O) groups excluding carboxylic acids is 2. The third kappa shape index (κ3) is 15.9. The van der Waals surface area contributed by atoms with Gasteiger partial charge in [0.15, 0.2) is 6.79 Å². The molecule has 7 nitrogen and oxygen atoms in total. The molecule has 1 aliphatic carbocycles. The fourth-order valence-corrected chi connectivity index (χ4v) is 6.54. The molecular weight excluding hydrogens is 725 g/mol. The van der Waals surface area contributed by atoms with Crippen molar-refractivity contribution in [2.45, 2.75) is 98.3 Å². The van der Waals surface area contributed by atoms with Gasteiger partial charge < -0.3 is 23.7 Å². The van der Waals surface area contributed by atoms with Crippen molar-refractivity contribution in [3.05, 3.63) is 160 Å². The molecule has 0 amide bonds. The van der Waals surface area contributed by atoms with E-state index in [0.29, 0.717) is 0 Å². The molecule has 0 heterocycles. The van der Waals surface area contributed by atoms with Gasteiger partial charge in [0.25, 0.3) is 0 Å². The smallest absolute Gasteiger partial charge is 0.497 e. The Morgan fingerprint density at radius 2 is 0.931 bits per heavy atom. The van der Waals surface area contributed by atoms with Crippen LogP contribution in [0.1, 0.15) is 98.7 Å². The predicted octanol–water partition coefficient (Wildman–Crippen LogP) is 12.8. The third-order valence-electron chi connectivity index (χ3n) is 10.0. The van der Waals surface area contributed by atoms with Gasteiger partial charge in [-0.3, -0.25) is 4.79 Å². The summed E-state index contributed by atoms with van der Waals surface area (Å²) < 4.78 is 22.3. The van der Waals surface area contributed by atoms with Crippen molar-refractivity contribution in [1.29, 1.82) is 0 Å². The molecule has 0 spiro atoms. The molecule has 0 saturated heterocycles. The summed E-state index contributed by atoms with van der Waals surface area (Å²) in [6.07, 6.45) is 5.72. The minimum Gasteiger partial charge on any atom is -0.497 e. The van der Waals surface area contributed by atoms with Crippen molar-refractivity contribution in [2.24, 2.45) is 0 Å². The highest BCUT2D eigenvalue weighted by molar-refractivity contribution is 5.66. The molecule has 5 aromatic rings. The molecule has 0 aromatic heterocycles.